The first kappa shape index (κ1) is 22.4. The molecule has 110 valence electrons. The quantitative estimate of drug-likeness (QED) is 0.200. The zero-order valence-electron chi connectivity index (χ0n) is 10.5. The molecule has 0 amide bonds. The van der Waals surface area contributed by atoms with Crippen LogP contribution in [0.15, 0.2) is 4.99 Å². The minimum absolute atomic E-state index is 0. The van der Waals surface area contributed by atoms with Gasteiger partial charge in [0, 0.05) is 6.54 Å². The Hall–Kier alpha value is -0.760. The lowest BCUT2D eigenvalue weighted by molar-refractivity contribution is -0.144. The molecule has 18 heavy (non-hydrogen) atoms. The van der Waals surface area contributed by atoms with Crippen LogP contribution in [0.5, 0.6) is 0 Å². The van der Waals surface area contributed by atoms with Crippen LogP contribution in [-0.2, 0) is 14.4 Å². The normalized spacial score (nSPS) is 11.8. The average Bonchev–Trinajstić information content (AvgIpc) is 2.24. The first-order chi connectivity index (χ1) is 7.61. The summed E-state index contributed by atoms with van der Waals surface area (Å²) in [6.07, 6.45) is 1.18. The summed E-state index contributed by atoms with van der Waals surface area (Å²) in [5, 5.41) is 0. The molecule has 1 atom stereocenters. The van der Waals surface area contributed by atoms with Gasteiger partial charge in [0.25, 0.3) is 0 Å². The summed E-state index contributed by atoms with van der Waals surface area (Å²) in [7, 11) is 1.44. The number of nitrogens with zero attached hydrogens (tertiary/aromatic N) is 1. The number of guanidine groups is 1. The second-order valence-corrected chi connectivity index (χ2v) is 3.07. The molecule has 0 aromatic heterocycles. The topological polar surface area (TPSA) is 112 Å². The fraction of sp³-hybridized carbons (Fsp3) is 0.778. The van der Waals surface area contributed by atoms with Gasteiger partial charge in [0.15, 0.2) is 0 Å². The van der Waals surface area contributed by atoms with E-state index in [1.54, 1.807) is 6.92 Å². The van der Waals surface area contributed by atoms with Crippen LogP contribution in [0, 0.1) is 0 Å². The number of aliphatic imine (C=N–C) groups is 1. The Kier molecular flexibility index (Phi) is 17.8. The highest BCUT2D eigenvalue weighted by molar-refractivity contribution is 5.85. The lowest BCUT2D eigenvalue weighted by atomic mass is 10.2. The molecule has 0 saturated carbocycles. The van der Waals surface area contributed by atoms with Crippen molar-refractivity contribution in [2.75, 3.05) is 20.3 Å². The Labute approximate surface area is 119 Å². The number of carbonyl (C=O) groups excluding carboxylic acids is 1. The number of rotatable bonds is 7. The molecule has 0 radical (unpaired) electrons. The standard InChI is InChI=1S/C9H20N4O3.2ClH/c1-3-16-8(14)7(10)5-4-6-12-9(11)13-15-2;;/h7H,3-6,10H2,1-2H3,(H3,11,12,13);2*1H/t7-;;/m0../s1. The summed E-state index contributed by atoms with van der Waals surface area (Å²) in [5.74, 6) is -0.179. The first-order valence-corrected chi connectivity index (χ1v) is 5.13. The molecule has 0 spiro atoms. The molecule has 0 aliphatic heterocycles. The van der Waals surface area contributed by atoms with Crippen molar-refractivity contribution in [3.8, 4) is 0 Å². The molecule has 0 aromatic rings. The van der Waals surface area contributed by atoms with Gasteiger partial charge >= 0.3 is 5.97 Å². The monoisotopic (exact) mass is 304 g/mol. The number of esters is 1. The van der Waals surface area contributed by atoms with Gasteiger partial charge in [-0.05, 0) is 19.8 Å². The Morgan fingerprint density at radius 3 is 2.56 bits per heavy atom. The Morgan fingerprint density at radius 2 is 2.06 bits per heavy atom. The number of hydroxylamine groups is 1. The minimum Gasteiger partial charge on any atom is -0.465 e. The van der Waals surface area contributed by atoms with Gasteiger partial charge in [-0.3, -0.25) is 14.6 Å². The van der Waals surface area contributed by atoms with E-state index >= 15 is 0 Å². The highest BCUT2D eigenvalue weighted by Gasteiger charge is 2.13. The highest BCUT2D eigenvalue weighted by Crippen LogP contribution is 1.97. The third-order valence-electron chi connectivity index (χ3n) is 1.75. The fourth-order valence-electron chi connectivity index (χ4n) is 1.01. The van der Waals surface area contributed by atoms with Gasteiger partial charge in [-0.15, -0.1) is 24.8 Å². The summed E-state index contributed by atoms with van der Waals surface area (Å²) in [6.45, 7) is 2.57. The highest BCUT2D eigenvalue weighted by atomic mass is 35.5. The molecule has 0 aliphatic rings. The SMILES string of the molecule is CCOC(=O)[C@@H](N)CCCN=C(N)NOC.Cl.Cl. The molecule has 9 heteroatoms. The Balaban J connectivity index is -0.00000112. The van der Waals surface area contributed by atoms with Crippen LogP contribution in [-0.4, -0.2) is 38.2 Å². The number of hydrogen-bond acceptors (Lipinski definition) is 5. The maximum atomic E-state index is 11.1. The number of halogens is 2. The molecule has 0 aromatic carbocycles. The van der Waals surface area contributed by atoms with Gasteiger partial charge in [0.2, 0.25) is 5.96 Å². The van der Waals surface area contributed by atoms with Crippen LogP contribution in [0.25, 0.3) is 0 Å². The molecule has 0 fully saturated rings. The van der Waals surface area contributed by atoms with E-state index in [4.69, 9.17) is 16.2 Å². The number of nitrogens with two attached hydrogens (primary N) is 2. The van der Waals surface area contributed by atoms with Crippen molar-refractivity contribution in [3.05, 3.63) is 0 Å². The van der Waals surface area contributed by atoms with Crippen LogP contribution in [0.3, 0.4) is 0 Å². The Bertz CT molecular complexity index is 242. The van der Waals surface area contributed by atoms with Gasteiger partial charge in [-0.1, -0.05) is 0 Å². The van der Waals surface area contributed by atoms with E-state index < -0.39 is 6.04 Å². The van der Waals surface area contributed by atoms with E-state index in [1.807, 2.05) is 0 Å². The number of nitrogens with one attached hydrogen (secondary N) is 1. The third-order valence-corrected chi connectivity index (χ3v) is 1.75. The molecular formula is C9H22Cl2N4O3. The van der Waals surface area contributed by atoms with Crippen molar-refractivity contribution >= 4 is 36.7 Å². The largest absolute Gasteiger partial charge is 0.465 e. The zero-order valence-corrected chi connectivity index (χ0v) is 12.2. The van der Waals surface area contributed by atoms with Crippen molar-refractivity contribution in [2.24, 2.45) is 16.5 Å². The molecule has 5 N–H and O–H groups in total. The molecule has 0 aliphatic carbocycles. The molecule has 0 heterocycles. The van der Waals surface area contributed by atoms with Crippen molar-refractivity contribution in [1.29, 1.82) is 0 Å². The van der Waals surface area contributed by atoms with Crippen molar-refractivity contribution in [2.45, 2.75) is 25.8 Å². The van der Waals surface area contributed by atoms with E-state index in [9.17, 15) is 4.79 Å². The van der Waals surface area contributed by atoms with Crippen LogP contribution >= 0.6 is 24.8 Å². The van der Waals surface area contributed by atoms with E-state index in [0.29, 0.717) is 26.0 Å². The molecule has 0 bridgehead atoms. The molecular weight excluding hydrogens is 283 g/mol. The minimum atomic E-state index is -0.591. The maximum absolute atomic E-state index is 11.1. The zero-order chi connectivity index (χ0) is 12.4. The van der Waals surface area contributed by atoms with Crippen LogP contribution < -0.4 is 16.9 Å². The number of carbonyl (C=O) groups is 1. The molecule has 7 nitrogen and oxygen atoms in total. The van der Waals surface area contributed by atoms with Crippen LogP contribution in [0.4, 0.5) is 0 Å². The maximum Gasteiger partial charge on any atom is 0.322 e. The van der Waals surface area contributed by atoms with Gasteiger partial charge in [0.05, 0.1) is 13.7 Å². The van der Waals surface area contributed by atoms with Gasteiger partial charge in [0.1, 0.15) is 6.04 Å². The predicted octanol–water partition coefficient (Wildman–Crippen LogP) is -0.0337. The predicted molar refractivity (Wildman–Crippen MR) is 75.0 cm³/mol. The van der Waals surface area contributed by atoms with E-state index in [1.165, 1.54) is 7.11 Å². The third kappa shape index (κ3) is 11.7. The Morgan fingerprint density at radius 1 is 1.44 bits per heavy atom. The average molecular weight is 305 g/mol. The van der Waals surface area contributed by atoms with Crippen molar-refractivity contribution in [3.63, 3.8) is 0 Å². The smallest absolute Gasteiger partial charge is 0.322 e. The van der Waals surface area contributed by atoms with E-state index in [0.717, 1.165) is 0 Å². The van der Waals surface area contributed by atoms with Gasteiger partial charge < -0.3 is 16.2 Å². The van der Waals surface area contributed by atoms with Crippen molar-refractivity contribution < 1.29 is 14.4 Å². The van der Waals surface area contributed by atoms with Crippen LogP contribution in [0.2, 0.25) is 0 Å². The summed E-state index contributed by atoms with van der Waals surface area (Å²) in [6, 6.07) is -0.591. The summed E-state index contributed by atoms with van der Waals surface area (Å²) in [4.78, 5) is 19.6. The molecule has 0 unspecified atom stereocenters. The van der Waals surface area contributed by atoms with Crippen LogP contribution in [0.1, 0.15) is 19.8 Å². The second kappa shape index (κ2) is 14.3. The number of hydrogen-bond donors (Lipinski definition) is 3. The van der Waals surface area contributed by atoms with Crippen molar-refractivity contribution in [1.82, 2.24) is 5.48 Å². The van der Waals surface area contributed by atoms with E-state index in [-0.39, 0.29) is 36.7 Å². The molecule has 0 saturated heterocycles. The fourth-order valence-corrected chi connectivity index (χ4v) is 1.01. The lowest BCUT2D eigenvalue weighted by Crippen LogP contribution is -2.33. The van der Waals surface area contributed by atoms with Gasteiger partial charge in [-0.25, -0.2) is 5.48 Å². The van der Waals surface area contributed by atoms with E-state index in [2.05, 4.69) is 15.3 Å². The lowest BCUT2D eigenvalue weighted by Gasteiger charge is -2.09. The summed E-state index contributed by atoms with van der Waals surface area (Å²) in [5.41, 5.74) is 13.4. The summed E-state index contributed by atoms with van der Waals surface area (Å²) >= 11 is 0. The summed E-state index contributed by atoms with van der Waals surface area (Å²) < 4.78 is 4.76. The first-order valence-electron chi connectivity index (χ1n) is 5.13. The molecule has 0 rings (SSSR count). The second-order valence-electron chi connectivity index (χ2n) is 3.07. The van der Waals surface area contributed by atoms with Gasteiger partial charge in [-0.2, -0.15) is 0 Å². The number of ether oxygens (including phenoxy) is 1.